The molecule has 1 saturated heterocycles. The van der Waals surface area contributed by atoms with E-state index < -0.39 is 5.90 Å². The molecule has 0 N–H and O–H groups in total. The Kier molecular flexibility index (Phi) is 4.59. The predicted molar refractivity (Wildman–Crippen MR) is 75.3 cm³/mol. The van der Waals surface area contributed by atoms with E-state index in [1.54, 1.807) is 7.11 Å². The zero-order chi connectivity index (χ0) is 11.4. The Morgan fingerprint density at radius 3 is 2.44 bits per heavy atom. The highest BCUT2D eigenvalue weighted by molar-refractivity contribution is 8.65. The van der Waals surface area contributed by atoms with E-state index in [0.717, 1.165) is 5.75 Å². The summed E-state index contributed by atoms with van der Waals surface area (Å²) in [4.78, 5) is 0. The van der Waals surface area contributed by atoms with Crippen molar-refractivity contribution in [1.29, 1.82) is 0 Å². The van der Waals surface area contributed by atoms with Gasteiger partial charge in [0, 0.05) is 13.1 Å². The van der Waals surface area contributed by atoms with E-state index in [0.29, 0.717) is 0 Å². The van der Waals surface area contributed by atoms with Gasteiger partial charge in [-0.15, -0.1) is 0 Å². The maximum atomic E-state index is 5.57. The fraction of sp³-hybridized carbons (Fsp3) is 0.455. The van der Waals surface area contributed by atoms with E-state index >= 15 is 0 Å². The highest BCUT2D eigenvalue weighted by Crippen LogP contribution is 2.41. The van der Waals surface area contributed by atoms with Gasteiger partial charge in [-0.25, -0.2) is 4.31 Å². The molecule has 0 saturated carbocycles. The lowest BCUT2D eigenvalue weighted by atomic mass is 10.3. The van der Waals surface area contributed by atoms with Crippen molar-refractivity contribution in [3.8, 4) is 5.75 Å². The van der Waals surface area contributed by atoms with Crippen molar-refractivity contribution >= 4 is 34.6 Å². The first-order valence-electron chi connectivity index (χ1n) is 5.34. The first-order chi connectivity index (χ1) is 7.79. The standard InChI is InChI=1S/C11H15NOPS2/c1-13-10-4-6-11(7-5-10)14(15)16-12-8-2-3-9-12/h4-7H,2-3,8-9H2,1H3/q+1. The Morgan fingerprint density at radius 1 is 1.25 bits per heavy atom. The monoisotopic (exact) mass is 272 g/mol. The zero-order valence-corrected chi connectivity index (χ0v) is 11.8. The van der Waals surface area contributed by atoms with Crippen molar-refractivity contribution in [2.75, 3.05) is 20.2 Å². The summed E-state index contributed by atoms with van der Waals surface area (Å²) in [5.41, 5.74) is 0. The number of ether oxygens (including phenoxy) is 1. The molecular formula is C11H15NOPS2+. The number of methoxy groups -OCH3 is 1. The maximum absolute atomic E-state index is 5.57. The van der Waals surface area contributed by atoms with Crippen LogP contribution in [0.5, 0.6) is 5.75 Å². The molecule has 1 heterocycles. The third kappa shape index (κ3) is 3.17. The van der Waals surface area contributed by atoms with E-state index in [4.69, 9.17) is 16.5 Å². The molecule has 2 rings (SSSR count). The number of benzene rings is 1. The lowest BCUT2D eigenvalue weighted by Gasteiger charge is -2.05. The van der Waals surface area contributed by atoms with Gasteiger partial charge in [0.1, 0.15) is 5.75 Å². The smallest absolute Gasteiger partial charge is 0.300 e. The SMILES string of the molecule is COc1ccc([P+](=S)SN2CCCC2)cc1. The summed E-state index contributed by atoms with van der Waals surface area (Å²) in [6, 6.07) is 8.14. The summed E-state index contributed by atoms with van der Waals surface area (Å²) in [7, 11) is 1.69. The largest absolute Gasteiger partial charge is 0.497 e. The lowest BCUT2D eigenvalue weighted by molar-refractivity contribution is 0.415. The Bertz CT molecular complexity index is 363. The van der Waals surface area contributed by atoms with Gasteiger partial charge in [-0.1, -0.05) is 0 Å². The van der Waals surface area contributed by atoms with Gasteiger partial charge < -0.3 is 4.74 Å². The van der Waals surface area contributed by atoms with Crippen LogP contribution in [0, 0.1) is 0 Å². The Morgan fingerprint density at radius 2 is 1.88 bits per heavy atom. The summed E-state index contributed by atoms with van der Waals surface area (Å²) in [6.07, 6.45) is 2.63. The summed E-state index contributed by atoms with van der Waals surface area (Å²) >= 11 is 7.41. The number of hydrogen-bond acceptors (Lipinski definition) is 4. The molecule has 1 aromatic rings. The zero-order valence-electron chi connectivity index (χ0n) is 9.26. The third-order valence-corrected chi connectivity index (χ3v) is 7.00. The van der Waals surface area contributed by atoms with Crippen molar-refractivity contribution in [2.45, 2.75) is 12.8 Å². The van der Waals surface area contributed by atoms with Crippen LogP contribution in [0.25, 0.3) is 0 Å². The van der Waals surface area contributed by atoms with E-state index in [1.165, 1.54) is 31.2 Å². The molecule has 2 nitrogen and oxygen atoms in total. The molecule has 1 unspecified atom stereocenters. The van der Waals surface area contributed by atoms with Crippen LogP contribution in [0.1, 0.15) is 12.8 Å². The molecule has 0 aromatic heterocycles. The lowest BCUT2D eigenvalue weighted by Crippen LogP contribution is -2.08. The maximum Gasteiger partial charge on any atom is 0.300 e. The second-order valence-electron chi connectivity index (χ2n) is 3.67. The molecule has 0 bridgehead atoms. The minimum atomic E-state index is -0.534. The van der Waals surface area contributed by atoms with Crippen LogP contribution >= 0.6 is 17.5 Å². The normalized spacial score (nSPS) is 17.4. The quantitative estimate of drug-likeness (QED) is 0.617. The van der Waals surface area contributed by atoms with E-state index in [1.807, 2.05) is 23.7 Å². The molecule has 5 heteroatoms. The van der Waals surface area contributed by atoms with Gasteiger partial charge in [-0.3, -0.25) is 0 Å². The highest BCUT2D eigenvalue weighted by atomic mass is 32.9. The Hall–Kier alpha value is -0.150. The van der Waals surface area contributed by atoms with Gasteiger partial charge in [0.05, 0.1) is 7.11 Å². The van der Waals surface area contributed by atoms with Crippen LogP contribution in [0.2, 0.25) is 0 Å². The number of rotatable bonds is 4. The summed E-state index contributed by atoms with van der Waals surface area (Å²) < 4.78 is 7.54. The average molecular weight is 272 g/mol. The molecule has 0 radical (unpaired) electrons. The Labute approximate surface area is 107 Å². The van der Waals surface area contributed by atoms with Crippen LogP contribution in [0.15, 0.2) is 24.3 Å². The molecule has 0 aliphatic carbocycles. The molecule has 1 aromatic carbocycles. The van der Waals surface area contributed by atoms with Crippen LogP contribution in [-0.4, -0.2) is 24.5 Å². The molecule has 86 valence electrons. The molecule has 1 fully saturated rings. The second kappa shape index (κ2) is 5.97. The fourth-order valence-electron chi connectivity index (χ4n) is 1.63. The van der Waals surface area contributed by atoms with Gasteiger partial charge in [0.25, 0.3) is 5.90 Å². The summed E-state index contributed by atoms with van der Waals surface area (Å²) in [6.45, 7) is 2.38. The van der Waals surface area contributed by atoms with E-state index in [2.05, 4.69) is 16.4 Å². The third-order valence-electron chi connectivity index (χ3n) is 2.54. The summed E-state index contributed by atoms with van der Waals surface area (Å²) in [5, 5.41) is 1.25. The van der Waals surface area contributed by atoms with Gasteiger partial charge in [-0.05, 0) is 37.1 Å². The second-order valence-corrected chi connectivity index (χ2v) is 8.76. The minimum Gasteiger partial charge on any atom is -0.497 e. The average Bonchev–Trinajstić information content (AvgIpc) is 2.82. The highest BCUT2D eigenvalue weighted by Gasteiger charge is 2.24. The molecular weight excluding hydrogens is 257 g/mol. The van der Waals surface area contributed by atoms with E-state index in [-0.39, 0.29) is 0 Å². The van der Waals surface area contributed by atoms with Crippen LogP contribution in [0.3, 0.4) is 0 Å². The molecule has 1 aliphatic rings. The minimum absolute atomic E-state index is 0.534. The first-order valence-corrected chi connectivity index (χ1v) is 9.07. The molecule has 0 spiro atoms. The number of hydrogen-bond donors (Lipinski definition) is 0. The van der Waals surface area contributed by atoms with Crippen molar-refractivity contribution in [3.63, 3.8) is 0 Å². The molecule has 1 atom stereocenters. The van der Waals surface area contributed by atoms with Crippen molar-refractivity contribution in [2.24, 2.45) is 0 Å². The van der Waals surface area contributed by atoms with Crippen LogP contribution < -0.4 is 10.0 Å². The topological polar surface area (TPSA) is 12.5 Å². The number of nitrogens with zero attached hydrogens (tertiary/aromatic N) is 1. The van der Waals surface area contributed by atoms with Crippen molar-refractivity contribution in [3.05, 3.63) is 24.3 Å². The van der Waals surface area contributed by atoms with Gasteiger partial charge in [0.15, 0.2) is 28.7 Å². The van der Waals surface area contributed by atoms with Gasteiger partial charge in [0.2, 0.25) is 0 Å². The van der Waals surface area contributed by atoms with E-state index in [9.17, 15) is 0 Å². The summed E-state index contributed by atoms with van der Waals surface area (Å²) in [5.74, 6) is 0.363. The molecule has 16 heavy (non-hydrogen) atoms. The van der Waals surface area contributed by atoms with Gasteiger partial charge in [-0.2, -0.15) is 0 Å². The Balaban J connectivity index is 1.97. The fourth-order valence-corrected chi connectivity index (χ4v) is 5.72. The van der Waals surface area contributed by atoms with Crippen molar-refractivity contribution in [1.82, 2.24) is 4.31 Å². The van der Waals surface area contributed by atoms with Crippen LogP contribution in [-0.2, 0) is 11.8 Å². The predicted octanol–water partition coefficient (Wildman–Crippen LogP) is 2.92. The van der Waals surface area contributed by atoms with Gasteiger partial charge >= 0.3 is 0 Å². The molecule has 1 aliphatic heterocycles. The first kappa shape index (κ1) is 12.3. The van der Waals surface area contributed by atoms with Crippen molar-refractivity contribution < 1.29 is 4.74 Å². The van der Waals surface area contributed by atoms with Crippen LogP contribution in [0.4, 0.5) is 0 Å². The molecule has 0 amide bonds.